The number of rotatable bonds is 2. The minimum absolute atomic E-state index is 0.111. The first-order valence-corrected chi connectivity index (χ1v) is 4.96. The van der Waals surface area contributed by atoms with Crippen LogP contribution >= 0.6 is 0 Å². The molecule has 0 bridgehead atoms. The quantitative estimate of drug-likeness (QED) is 0.629. The van der Waals surface area contributed by atoms with Crippen LogP contribution in [0.1, 0.15) is 6.42 Å². The van der Waals surface area contributed by atoms with E-state index in [1.165, 1.54) is 0 Å². The third-order valence-corrected chi connectivity index (χ3v) is 2.63. The first-order chi connectivity index (χ1) is 7.27. The maximum Gasteiger partial charge on any atom is 0.361 e. The number of allylic oxidation sites excluding steroid dienone is 1. The van der Waals surface area contributed by atoms with Crippen LogP contribution in [0.15, 0.2) is 17.4 Å². The van der Waals surface area contributed by atoms with Gasteiger partial charge in [-0.05, 0) is 0 Å². The van der Waals surface area contributed by atoms with E-state index >= 15 is 0 Å². The largest absolute Gasteiger partial charge is 0.375 e. The molecule has 6 nitrogen and oxygen atoms in total. The monoisotopic (exact) mass is 211 g/mol. The van der Waals surface area contributed by atoms with Crippen molar-refractivity contribution in [2.24, 2.45) is 5.10 Å². The average molecular weight is 211 g/mol. The van der Waals surface area contributed by atoms with E-state index in [1.54, 1.807) is 13.3 Å². The molecule has 2 aliphatic rings. The molecule has 82 valence electrons. The summed E-state index contributed by atoms with van der Waals surface area (Å²) in [5.74, 6) is 0. The standard InChI is InChI=1S/C9H14N4O2/c1-10-9(14)12-13(5-2-4-11-13)8-3-6-15-7-8/h2,4-5,8H,3,6-7H2,1H3,(H-,10,12,14)/p+1. The first-order valence-electron chi connectivity index (χ1n) is 4.96. The molecule has 1 saturated heterocycles. The summed E-state index contributed by atoms with van der Waals surface area (Å²) in [5.41, 5.74) is 2.81. The summed E-state index contributed by atoms with van der Waals surface area (Å²) in [6, 6.07) is -0.0806. The lowest BCUT2D eigenvalue weighted by Crippen LogP contribution is -2.59. The molecule has 0 spiro atoms. The third kappa shape index (κ3) is 1.86. The van der Waals surface area contributed by atoms with Gasteiger partial charge in [0.1, 0.15) is 6.61 Å². The molecule has 6 heteroatoms. The maximum absolute atomic E-state index is 11.3. The number of carbonyl (C=O) groups excluding carboxylic acids is 1. The molecule has 2 unspecified atom stereocenters. The molecular formula is C9H15N4O2+. The highest BCUT2D eigenvalue weighted by molar-refractivity contribution is 5.74. The fourth-order valence-corrected chi connectivity index (χ4v) is 1.78. The fourth-order valence-electron chi connectivity index (χ4n) is 1.78. The number of hydrogen-bond donors (Lipinski definition) is 2. The fraction of sp³-hybridized carbons (Fsp3) is 0.556. The molecule has 0 aliphatic carbocycles. The smallest absolute Gasteiger partial charge is 0.361 e. The molecule has 0 saturated carbocycles. The Balaban J connectivity index is 2.13. The van der Waals surface area contributed by atoms with E-state index in [9.17, 15) is 4.79 Å². The van der Waals surface area contributed by atoms with Gasteiger partial charge in [-0.3, -0.25) is 0 Å². The highest BCUT2D eigenvalue weighted by Crippen LogP contribution is 2.22. The van der Waals surface area contributed by atoms with Crippen LogP contribution in [0.4, 0.5) is 4.79 Å². The van der Waals surface area contributed by atoms with E-state index in [1.807, 2.05) is 12.3 Å². The van der Waals surface area contributed by atoms with Crippen molar-refractivity contribution in [3.05, 3.63) is 12.3 Å². The average Bonchev–Trinajstić information content (AvgIpc) is 2.87. The van der Waals surface area contributed by atoms with Gasteiger partial charge < -0.3 is 10.1 Å². The molecule has 2 atom stereocenters. The minimum Gasteiger partial charge on any atom is -0.375 e. The lowest BCUT2D eigenvalue weighted by atomic mass is 10.2. The Bertz CT molecular complexity index is 295. The van der Waals surface area contributed by atoms with Crippen LogP contribution in [0.2, 0.25) is 0 Å². The van der Waals surface area contributed by atoms with E-state index < -0.39 is 0 Å². The second-order valence-corrected chi connectivity index (χ2v) is 3.55. The number of carbonyl (C=O) groups is 1. The van der Waals surface area contributed by atoms with Gasteiger partial charge in [0, 0.05) is 19.5 Å². The summed E-state index contributed by atoms with van der Waals surface area (Å²) in [6.45, 7) is 1.34. The maximum atomic E-state index is 11.3. The molecule has 15 heavy (non-hydrogen) atoms. The third-order valence-electron chi connectivity index (χ3n) is 2.63. The van der Waals surface area contributed by atoms with E-state index in [2.05, 4.69) is 15.8 Å². The Hall–Kier alpha value is -1.40. The Labute approximate surface area is 88.1 Å². The summed E-state index contributed by atoms with van der Waals surface area (Å²) >= 11 is 0. The van der Waals surface area contributed by atoms with E-state index in [0.29, 0.717) is 6.61 Å². The van der Waals surface area contributed by atoms with Crippen molar-refractivity contribution in [3.63, 3.8) is 0 Å². The Morgan fingerprint density at radius 2 is 2.53 bits per heavy atom. The molecule has 2 amide bonds. The topological polar surface area (TPSA) is 62.7 Å². The van der Waals surface area contributed by atoms with Crippen LogP contribution in [-0.2, 0) is 4.74 Å². The highest BCUT2D eigenvalue weighted by atomic mass is 16.5. The van der Waals surface area contributed by atoms with Crippen molar-refractivity contribution in [1.82, 2.24) is 10.7 Å². The number of hydrogen-bond acceptors (Lipinski definition) is 3. The zero-order chi connectivity index (χ0) is 10.7. The number of quaternary nitrogens is 1. The number of urea groups is 1. The van der Waals surface area contributed by atoms with Crippen molar-refractivity contribution in [2.75, 3.05) is 20.3 Å². The summed E-state index contributed by atoms with van der Waals surface area (Å²) in [6.07, 6.45) is 6.27. The van der Waals surface area contributed by atoms with Crippen molar-refractivity contribution < 1.29 is 14.2 Å². The van der Waals surface area contributed by atoms with Crippen molar-refractivity contribution >= 4 is 12.2 Å². The van der Waals surface area contributed by atoms with Crippen LogP contribution in [0.3, 0.4) is 0 Å². The summed E-state index contributed by atoms with van der Waals surface area (Å²) in [7, 11) is 1.58. The van der Waals surface area contributed by atoms with Crippen LogP contribution < -0.4 is 10.7 Å². The molecule has 0 aromatic rings. The number of nitrogens with one attached hydrogen (secondary N) is 2. The molecule has 2 aliphatic heterocycles. The molecule has 1 fully saturated rings. The summed E-state index contributed by atoms with van der Waals surface area (Å²) < 4.78 is 5.43. The summed E-state index contributed by atoms with van der Waals surface area (Å²) in [4.78, 5) is 11.3. The lowest BCUT2D eigenvalue weighted by Gasteiger charge is -2.29. The van der Waals surface area contributed by atoms with E-state index in [-0.39, 0.29) is 16.8 Å². The predicted molar refractivity (Wildman–Crippen MR) is 54.7 cm³/mol. The summed E-state index contributed by atoms with van der Waals surface area (Å²) in [5, 5.41) is 6.81. The minimum atomic E-state index is -0.245. The number of amides is 2. The SMILES string of the molecule is CNC(=O)N[N+]1(C2CCOC2)C=CC=N1. The van der Waals surface area contributed by atoms with Crippen molar-refractivity contribution in [1.29, 1.82) is 0 Å². The predicted octanol–water partition coefficient (Wildman–Crippen LogP) is -0.0508. The van der Waals surface area contributed by atoms with Crippen LogP contribution in [0.5, 0.6) is 0 Å². The second-order valence-electron chi connectivity index (χ2n) is 3.55. The van der Waals surface area contributed by atoms with Crippen molar-refractivity contribution in [2.45, 2.75) is 12.5 Å². The van der Waals surface area contributed by atoms with Gasteiger partial charge in [-0.2, -0.15) is 5.43 Å². The highest BCUT2D eigenvalue weighted by Gasteiger charge is 2.42. The van der Waals surface area contributed by atoms with Gasteiger partial charge in [0.05, 0.1) is 12.8 Å². The van der Waals surface area contributed by atoms with Gasteiger partial charge in [0.15, 0.2) is 12.2 Å². The number of nitrogens with zero attached hydrogens (tertiary/aromatic N) is 2. The Morgan fingerprint density at radius 1 is 1.67 bits per heavy atom. The number of ether oxygens (including phenoxy) is 1. The Kier molecular flexibility index (Phi) is 2.70. The van der Waals surface area contributed by atoms with E-state index in [0.717, 1.165) is 13.0 Å². The Morgan fingerprint density at radius 3 is 3.07 bits per heavy atom. The molecule has 2 heterocycles. The molecule has 0 radical (unpaired) electrons. The first kappa shape index (κ1) is 10.1. The van der Waals surface area contributed by atoms with Gasteiger partial charge in [-0.25, -0.2) is 4.79 Å². The van der Waals surface area contributed by atoms with Crippen LogP contribution in [0, 0.1) is 0 Å². The molecular weight excluding hydrogens is 196 g/mol. The zero-order valence-electron chi connectivity index (χ0n) is 8.64. The van der Waals surface area contributed by atoms with Gasteiger partial charge in [0.25, 0.3) is 0 Å². The van der Waals surface area contributed by atoms with E-state index in [4.69, 9.17) is 4.74 Å². The lowest BCUT2D eigenvalue weighted by molar-refractivity contribution is -0.940. The second kappa shape index (κ2) is 4.00. The van der Waals surface area contributed by atoms with Gasteiger partial charge in [-0.15, -0.1) is 0 Å². The van der Waals surface area contributed by atoms with Crippen molar-refractivity contribution in [3.8, 4) is 0 Å². The van der Waals surface area contributed by atoms with Gasteiger partial charge >= 0.3 is 6.03 Å². The molecule has 0 aromatic carbocycles. The normalized spacial score (nSPS) is 33.3. The van der Waals surface area contributed by atoms with Crippen LogP contribution in [0.25, 0.3) is 0 Å². The van der Waals surface area contributed by atoms with Gasteiger partial charge in [0.2, 0.25) is 0 Å². The molecule has 2 rings (SSSR count). The molecule has 0 aromatic heterocycles. The van der Waals surface area contributed by atoms with Gasteiger partial charge in [-0.1, -0.05) is 9.80 Å². The zero-order valence-corrected chi connectivity index (χ0v) is 8.64. The van der Waals surface area contributed by atoms with Crippen LogP contribution in [-0.4, -0.2) is 43.3 Å². The molecule has 2 N–H and O–H groups in total.